The SMILES string of the molecule is CN1C(=O)CCC(NC(C(=O)O)C2CC2)C1=O. The summed E-state index contributed by atoms with van der Waals surface area (Å²) in [5, 5.41) is 11.9. The second kappa shape index (κ2) is 4.44. The number of hydrogen-bond donors (Lipinski definition) is 2. The molecule has 0 bridgehead atoms. The molecule has 1 saturated heterocycles. The van der Waals surface area contributed by atoms with E-state index < -0.39 is 18.1 Å². The second-order valence-electron chi connectivity index (χ2n) is 4.70. The van der Waals surface area contributed by atoms with Crippen LogP contribution in [0.5, 0.6) is 0 Å². The van der Waals surface area contributed by atoms with Crippen LogP contribution in [0.2, 0.25) is 0 Å². The van der Waals surface area contributed by atoms with Crippen LogP contribution < -0.4 is 5.32 Å². The van der Waals surface area contributed by atoms with E-state index in [4.69, 9.17) is 5.11 Å². The number of piperidine rings is 1. The normalized spacial score (nSPS) is 27.1. The quantitative estimate of drug-likeness (QED) is 0.652. The van der Waals surface area contributed by atoms with E-state index in [1.165, 1.54) is 7.05 Å². The molecule has 6 heteroatoms. The summed E-state index contributed by atoms with van der Waals surface area (Å²) >= 11 is 0. The number of likely N-dealkylation sites (N-methyl/N-ethyl adjacent to an activating group) is 1. The highest BCUT2D eigenvalue weighted by atomic mass is 16.4. The molecular formula is C11H16N2O4. The van der Waals surface area contributed by atoms with Gasteiger partial charge < -0.3 is 5.11 Å². The Morgan fingerprint density at radius 1 is 1.41 bits per heavy atom. The number of rotatable bonds is 4. The van der Waals surface area contributed by atoms with E-state index in [1.54, 1.807) is 0 Å². The lowest BCUT2D eigenvalue weighted by Gasteiger charge is -2.30. The van der Waals surface area contributed by atoms with E-state index in [0.29, 0.717) is 6.42 Å². The standard InChI is InChI=1S/C11H16N2O4/c1-13-8(14)5-4-7(10(13)15)12-9(11(16)17)6-2-3-6/h6-7,9,12H,2-5H2,1H3,(H,16,17). The molecule has 1 saturated carbocycles. The van der Waals surface area contributed by atoms with Crippen LogP contribution in [-0.4, -0.2) is 46.9 Å². The highest BCUT2D eigenvalue weighted by molar-refractivity contribution is 6.00. The van der Waals surface area contributed by atoms with Gasteiger partial charge in [0.25, 0.3) is 0 Å². The van der Waals surface area contributed by atoms with Gasteiger partial charge in [0.05, 0.1) is 6.04 Å². The maximum absolute atomic E-state index is 11.8. The number of hydrogen-bond acceptors (Lipinski definition) is 4. The lowest BCUT2D eigenvalue weighted by Crippen LogP contribution is -2.56. The fraction of sp³-hybridized carbons (Fsp3) is 0.727. The number of nitrogens with one attached hydrogen (secondary N) is 1. The van der Waals surface area contributed by atoms with Crippen LogP contribution in [-0.2, 0) is 14.4 Å². The summed E-state index contributed by atoms with van der Waals surface area (Å²) in [7, 11) is 1.44. The third-order valence-electron chi connectivity index (χ3n) is 3.39. The summed E-state index contributed by atoms with van der Waals surface area (Å²) in [5.74, 6) is -1.32. The Labute approximate surface area is 99.0 Å². The van der Waals surface area contributed by atoms with Crippen LogP contribution in [0.1, 0.15) is 25.7 Å². The summed E-state index contributed by atoms with van der Waals surface area (Å²) < 4.78 is 0. The molecule has 0 aromatic carbocycles. The van der Waals surface area contributed by atoms with Crippen LogP contribution in [0.3, 0.4) is 0 Å². The summed E-state index contributed by atoms with van der Waals surface area (Å²) in [6.45, 7) is 0. The van der Waals surface area contributed by atoms with E-state index >= 15 is 0 Å². The molecule has 2 amide bonds. The van der Waals surface area contributed by atoms with Gasteiger partial charge in [-0.15, -0.1) is 0 Å². The summed E-state index contributed by atoms with van der Waals surface area (Å²) in [4.78, 5) is 35.2. The van der Waals surface area contributed by atoms with Crippen molar-refractivity contribution in [1.82, 2.24) is 10.2 Å². The Morgan fingerprint density at radius 2 is 2.06 bits per heavy atom. The molecule has 2 fully saturated rings. The van der Waals surface area contributed by atoms with Gasteiger partial charge in [0.1, 0.15) is 6.04 Å². The molecule has 6 nitrogen and oxygen atoms in total. The number of carboxylic acids is 1. The monoisotopic (exact) mass is 240 g/mol. The minimum Gasteiger partial charge on any atom is -0.480 e. The second-order valence-corrected chi connectivity index (χ2v) is 4.70. The van der Waals surface area contributed by atoms with Gasteiger partial charge in [0.15, 0.2) is 0 Å². The third-order valence-corrected chi connectivity index (χ3v) is 3.39. The van der Waals surface area contributed by atoms with E-state index in [2.05, 4.69) is 5.32 Å². The first kappa shape index (κ1) is 12.0. The van der Waals surface area contributed by atoms with Crippen LogP contribution in [0.4, 0.5) is 0 Å². The highest BCUT2D eigenvalue weighted by Gasteiger charge is 2.40. The van der Waals surface area contributed by atoms with Crippen molar-refractivity contribution in [2.24, 2.45) is 5.92 Å². The largest absolute Gasteiger partial charge is 0.480 e. The van der Waals surface area contributed by atoms with Gasteiger partial charge in [-0.25, -0.2) is 0 Å². The molecule has 2 aliphatic rings. The molecule has 17 heavy (non-hydrogen) atoms. The van der Waals surface area contributed by atoms with Crippen molar-refractivity contribution >= 4 is 17.8 Å². The van der Waals surface area contributed by atoms with Gasteiger partial charge in [0, 0.05) is 13.5 Å². The maximum atomic E-state index is 11.8. The molecule has 1 heterocycles. The Balaban J connectivity index is 2.00. The van der Waals surface area contributed by atoms with Crippen LogP contribution in [0, 0.1) is 5.92 Å². The number of likely N-dealkylation sites (tertiary alicyclic amines) is 1. The van der Waals surface area contributed by atoms with E-state index in [1.807, 2.05) is 0 Å². The average Bonchev–Trinajstić information content (AvgIpc) is 3.08. The van der Waals surface area contributed by atoms with Crippen molar-refractivity contribution in [3.05, 3.63) is 0 Å². The van der Waals surface area contributed by atoms with E-state index in [-0.39, 0.29) is 24.2 Å². The molecule has 0 aromatic heterocycles. The van der Waals surface area contributed by atoms with Gasteiger partial charge in [-0.2, -0.15) is 0 Å². The smallest absolute Gasteiger partial charge is 0.321 e. The first-order valence-corrected chi connectivity index (χ1v) is 5.80. The average molecular weight is 240 g/mol. The van der Waals surface area contributed by atoms with E-state index in [9.17, 15) is 14.4 Å². The zero-order chi connectivity index (χ0) is 12.6. The lowest BCUT2D eigenvalue weighted by molar-refractivity contribution is -0.148. The van der Waals surface area contributed by atoms with Crippen molar-refractivity contribution in [2.75, 3.05) is 7.05 Å². The van der Waals surface area contributed by atoms with Gasteiger partial charge in [-0.3, -0.25) is 24.6 Å². The summed E-state index contributed by atoms with van der Waals surface area (Å²) in [6, 6.07) is -1.20. The highest BCUT2D eigenvalue weighted by Crippen LogP contribution is 2.33. The zero-order valence-corrected chi connectivity index (χ0v) is 9.68. The zero-order valence-electron chi connectivity index (χ0n) is 9.68. The molecule has 1 aliphatic carbocycles. The van der Waals surface area contributed by atoms with Gasteiger partial charge in [0.2, 0.25) is 11.8 Å². The summed E-state index contributed by atoms with van der Waals surface area (Å²) in [6.07, 6.45) is 2.45. The minimum atomic E-state index is -0.917. The number of amides is 2. The van der Waals surface area contributed by atoms with Crippen molar-refractivity contribution in [1.29, 1.82) is 0 Å². The predicted molar refractivity (Wildman–Crippen MR) is 58.1 cm³/mol. The van der Waals surface area contributed by atoms with Gasteiger partial charge >= 0.3 is 5.97 Å². The number of carbonyl (C=O) groups is 3. The Kier molecular flexibility index (Phi) is 3.15. The fourth-order valence-electron chi connectivity index (χ4n) is 2.13. The first-order chi connectivity index (χ1) is 8.00. The maximum Gasteiger partial charge on any atom is 0.321 e. The molecular weight excluding hydrogens is 224 g/mol. The number of carbonyl (C=O) groups excluding carboxylic acids is 2. The van der Waals surface area contributed by atoms with E-state index in [0.717, 1.165) is 17.7 Å². The van der Waals surface area contributed by atoms with Crippen LogP contribution in [0.25, 0.3) is 0 Å². The lowest BCUT2D eigenvalue weighted by atomic mass is 10.0. The van der Waals surface area contributed by atoms with Gasteiger partial charge in [-0.1, -0.05) is 0 Å². The van der Waals surface area contributed by atoms with Crippen LogP contribution in [0.15, 0.2) is 0 Å². The number of imide groups is 1. The summed E-state index contributed by atoms with van der Waals surface area (Å²) in [5.41, 5.74) is 0. The number of carboxylic acid groups (broad SMARTS) is 1. The minimum absolute atomic E-state index is 0.128. The molecule has 2 unspecified atom stereocenters. The van der Waals surface area contributed by atoms with Crippen LogP contribution >= 0.6 is 0 Å². The van der Waals surface area contributed by atoms with Gasteiger partial charge in [-0.05, 0) is 25.2 Å². The fourth-order valence-corrected chi connectivity index (χ4v) is 2.13. The number of aliphatic carboxylic acids is 1. The van der Waals surface area contributed by atoms with Crippen molar-refractivity contribution in [3.63, 3.8) is 0 Å². The molecule has 0 spiro atoms. The molecule has 2 rings (SSSR count). The Morgan fingerprint density at radius 3 is 2.59 bits per heavy atom. The molecule has 2 atom stereocenters. The number of nitrogens with zero attached hydrogens (tertiary/aromatic N) is 1. The molecule has 2 N–H and O–H groups in total. The first-order valence-electron chi connectivity index (χ1n) is 5.80. The molecule has 1 aliphatic heterocycles. The predicted octanol–water partition coefficient (Wildman–Crippen LogP) is -0.413. The topological polar surface area (TPSA) is 86.7 Å². The molecule has 94 valence electrons. The Hall–Kier alpha value is -1.43. The third kappa shape index (κ3) is 2.46. The molecule has 0 radical (unpaired) electrons. The Bertz CT molecular complexity index is 364. The molecule has 0 aromatic rings. The van der Waals surface area contributed by atoms with Crippen molar-refractivity contribution in [2.45, 2.75) is 37.8 Å². The van der Waals surface area contributed by atoms with Crippen molar-refractivity contribution < 1.29 is 19.5 Å². The van der Waals surface area contributed by atoms with Crippen molar-refractivity contribution in [3.8, 4) is 0 Å².